The molecule has 0 radical (unpaired) electrons. The molecule has 0 spiro atoms. The van der Waals surface area contributed by atoms with E-state index >= 15 is 0 Å². The maximum absolute atomic E-state index is 12.7. The van der Waals surface area contributed by atoms with Crippen LogP contribution in [0.25, 0.3) is 17.4 Å². The number of nitro groups is 1. The standard InChI is InChI=1S/C20H12BrN3O6/c21-11-1-3-12(4-2-11)23-20(27)16(19(26)22-23)10-14-6-8-18(30-14)15-9-13(24(28)29)5-7-17(15)25/h1-10,25H,(H,22,26)/b16-10+. The monoisotopic (exact) mass is 469 g/mol. The van der Waals surface area contributed by atoms with Crippen molar-refractivity contribution in [3.63, 3.8) is 0 Å². The van der Waals surface area contributed by atoms with Crippen molar-refractivity contribution < 1.29 is 24.0 Å². The number of phenolic OH excluding ortho intramolecular Hbond substituents is 1. The smallest absolute Gasteiger partial charge is 0.282 e. The van der Waals surface area contributed by atoms with E-state index in [0.717, 1.165) is 9.48 Å². The number of hydrogen-bond donors (Lipinski definition) is 2. The minimum atomic E-state index is -0.598. The number of halogens is 1. The summed E-state index contributed by atoms with van der Waals surface area (Å²) in [7, 11) is 0. The van der Waals surface area contributed by atoms with Crippen LogP contribution in [0.4, 0.5) is 11.4 Å². The molecule has 2 amide bonds. The van der Waals surface area contributed by atoms with Gasteiger partial charge in [0.25, 0.3) is 17.5 Å². The fourth-order valence-electron chi connectivity index (χ4n) is 2.88. The summed E-state index contributed by atoms with van der Waals surface area (Å²) >= 11 is 3.31. The molecule has 1 aromatic heterocycles. The highest BCUT2D eigenvalue weighted by atomic mass is 79.9. The van der Waals surface area contributed by atoms with Gasteiger partial charge in [0.2, 0.25) is 0 Å². The Morgan fingerprint density at radius 3 is 2.53 bits per heavy atom. The Morgan fingerprint density at radius 1 is 1.10 bits per heavy atom. The minimum absolute atomic E-state index is 0.118. The number of non-ortho nitro benzene ring substituents is 1. The lowest BCUT2D eigenvalue weighted by atomic mass is 10.1. The molecule has 10 heteroatoms. The maximum atomic E-state index is 12.7. The van der Waals surface area contributed by atoms with Crippen LogP contribution in [-0.2, 0) is 9.59 Å². The summed E-state index contributed by atoms with van der Waals surface area (Å²) in [6, 6.07) is 13.3. The van der Waals surface area contributed by atoms with E-state index in [0.29, 0.717) is 5.69 Å². The Hall–Kier alpha value is -3.92. The molecule has 2 N–H and O–H groups in total. The molecule has 0 atom stereocenters. The Bertz CT molecular complexity index is 1220. The Morgan fingerprint density at radius 2 is 1.83 bits per heavy atom. The summed E-state index contributed by atoms with van der Waals surface area (Å²) in [5.74, 6) is -1.03. The molecule has 0 unspecified atom stereocenters. The van der Waals surface area contributed by atoms with Crippen LogP contribution < -0.4 is 10.4 Å². The first-order chi connectivity index (χ1) is 14.3. The summed E-state index contributed by atoms with van der Waals surface area (Å²) in [5.41, 5.74) is 2.74. The number of nitrogens with zero attached hydrogens (tertiary/aromatic N) is 2. The van der Waals surface area contributed by atoms with Gasteiger partial charge in [-0.3, -0.25) is 25.1 Å². The van der Waals surface area contributed by atoms with E-state index in [-0.39, 0.29) is 34.1 Å². The molecule has 1 aliphatic heterocycles. The van der Waals surface area contributed by atoms with Gasteiger partial charge < -0.3 is 9.52 Å². The molecule has 0 aliphatic carbocycles. The lowest BCUT2D eigenvalue weighted by Gasteiger charge is -2.14. The Balaban J connectivity index is 1.64. The van der Waals surface area contributed by atoms with E-state index in [4.69, 9.17) is 4.42 Å². The predicted octanol–water partition coefficient (Wildman–Crippen LogP) is 3.78. The number of benzene rings is 2. The first-order valence-corrected chi connectivity index (χ1v) is 9.33. The van der Waals surface area contributed by atoms with Gasteiger partial charge in [0.15, 0.2) is 0 Å². The van der Waals surface area contributed by atoms with Crippen molar-refractivity contribution in [1.29, 1.82) is 0 Å². The average molecular weight is 470 g/mol. The number of aromatic hydroxyl groups is 1. The van der Waals surface area contributed by atoms with Gasteiger partial charge in [-0.05, 0) is 48.5 Å². The number of phenols is 1. The van der Waals surface area contributed by atoms with E-state index in [1.54, 1.807) is 24.3 Å². The number of hydrazine groups is 1. The lowest BCUT2D eigenvalue weighted by molar-refractivity contribution is -0.384. The van der Waals surface area contributed by atoms with Crippen molar-refractivity contribution in [2.24, 2.45) is 0 Å². The topological polar surface area (TPSA) is 126 Å². The molecule has 150 valence electrons. The van der Waals surface area contributed by atoms with E-state index in [1.807, 2.05) is 0 Å². The fraction of sp³-hybridized carbons (Fsp3) is 0. The highest BCUT2D eigenvalue weighted by Crippen LogP contribution is 2.34. The second kappa shape index (κ2) is 7.48. The van der Waals surface area contributed by atoms with E-state index in [1.165, 1.54) is 36.4 Å². The molecule has 30 heavy (non-hydrogen) atoms. The van der Waals surface area contributed by atoms with Crippen molar-refractivity contribution in [3.8, 4) is 17.1 Å². The second-order valence-corrected chi connectivity index (χ2v) is 7.19. The molecule has 1 aliphatic rings. The third kappa shape index (κ3) is 3.55. The summed E-state index contributed by atoms with van der Waals surface area (Å²) in [6.07, 6.45) is 1.27. The van der Waals surface area contributed by atoms with Crippen LogP contribution in [0, 0.1) is 10.1 Å². The first-order valence-electron chi connectivity index (χ1n) is 8.54. The molecule has 2 aromatic carbocycles. The molecule has 0 bridgehead atoms. The van der Waals surface area contributed by atoms with Crippen LogP contribution in [0.15, 0.2) is 69.1 Å². The first kappa shape index (κ1) is 19.4. The average Bonchev–Trinajstić information content (AvgIpc) is 3.29. The van der Waals surface area contributed by atoms with Gasteiger partial charge in [0.05, 0.1) is 16.2 Å². The van der Waals surface area contributed by atoms with Gasteiger partial charge in [0, 0.05) is 16.6 Å². The van der Waals surface area contributed by atoms with Crippen molar-refractivity contribution in [2.45, 2.75) is 0 Å². The highest BCUT2D eigenvalue weighted by Gasteiger charge is 2.34. The van der Waals surface area contributed by atoms with E-state index in [9.17, 15) is 24.8 Å². The van der Waals surface area contributed by atoms with Crippen LogP contribution in [0.1, 0.15) is 5.76 Å². The molecular weight excluding hydrogens is 458 g/mol. The zero-order chi connectivity index (χ0) is 21.4. The third-order valence-electron chi connectivity index (χ3n) is 4.35. The van der Waals surface area contributed by atoms with Gasteiger partial charge in [-0.15, -0.1) is 0 Å². The van der Waals surface area contributed by atoms with Gasteiger partial charge in [-0.25, -0.2) is 5.01 Å². The normalized spacial score (nSPS) is 15.0. The van der Waals surface area contributed by atoms with Gasteiger partial charge in [-0.1, -0.05) is 15.9 Å². The molecule has 9 nitrogen and oxygen atoms in total. The number of rotatable bonds is 4. The van der Waals surface area contributed by atoms with Gasteiger partial charge >= 0.3 is 0 Å². The summed E-state index contributed by atoms with van der Waals surface area (Å²) < 4.78 is 6.41. The van der Waals surface area contributed by atoms with Crippen molar-refractivity contribution in [1.82, 2.24) is 5.43 Å². The van der Waals surface area contributed by atoms with Crippen LogP contribution in [-0.4, -0.2) is 21.8 Å². The van der Waals surface area contributed by atoms with Crippen LogP contribution in [0.5, 0.6) is 5.75 Å². The number of carbonyl (C=O) groups is 2. The third-order valence-corrected chi connectivity index (χ3v) is 4.87. The number of furan rings is 1. The van der Waals surface area contributed by atoms with Crippen LogP contribution in [0.2, 0.25) is 0 Å². The minimum Gasteiger partial charge on any atom is -0.507 e. The molecule has 0 saturated carbocycles. The second-order valence-electron chi connectivity index (χ2n) is 6.28. The summed E-state index contributed by atoms with van der Waals surface area (Å²) in [5, 5.41) is 22.1. The molecule has 3 aromatic rings. The molecule has 1 saturated heterocycles. The van der Waals surface area contributed by atoms with Crippen molar-refractivity contribution in [3.05, 3.63) is 80.5 Å². The number of amides is 2. The summed E-state index contributed by atoms with van der Waals surface area (Å²) in [4.78, 5) is 35.3. The van der Waals surface area contributed by atoms with Gasteiger partial charge in [0.1, 0.15) is 22.8 Å². The number of nitro benzene ring substituents is 1. The molecule has 2 heterocycles. The predicted molar refractivity (Wildman–Crippen MR) is 110 cm³/mol. The number of hydrogen-bond acceptors (Lipinski definition) is 6. The van der Waals surface area contributed by atoms with Crippen LogP contribution in [0.3, 0.4) is 0 Å². The fourth-order valence-corrected chi connectivity index (χ4v) is 3.15. The Labute approximate surface area is 177 Å². The van der Waals surface area contributed by atoms with Crippen molar-refractivity contribution >= 4 is 45.2 Å². The highest BCUT2D eigenvalue weighted by molar-refractivity contribution is 9.10. The van der Waals surface area contributed by atoms with Crippen LogP contribution >= 0.6 is 15.9 Å². The van der Waals surface area contributed by atoms with E-state index in [2.05, 4.69) is 21.4 Å². The van der Waals surface area contributed by atoms with E-state index < -0.39 is 16.7 Å². The quantitative estimate of drug-likeness (QED) is 0.259. The zero-order valence-corrected chi connectivity index (χ0v) is 16.6. The molecule has 4 rings (SSSR count). The molecular formula is C20H12BrN3O6. The molecule has 1 fully saturated rings. The lowest BCUT2D eigenvalue weighted by Crippen LogP contribution is -2.35. The summed E-state index contributed by atoms with van der Waals surface area (Å²) in [6.45, 7) is 0. The zero-order valence-electron chi connectivity index (χ0n) is 15.0. The van der Waals surface area contributed by atoms with Gasteiger partial charge in [-0.2, -0.15) is 0 Å². The number of anilines is 1. The maximum Gasteiger partial charge on any atom is 0.282 e. The van der Waals surface area contributed by atoms with Crippen molar-refractivity contribution in [2.75, 3.05) is 5.01 Å². The SMILES string of the molecule is O=C1NN(c2ccc(Br)cc2)C(=O)/C1=C/c1ccc(-c2cc([N+](=O)[O-])ccc2O)o1. The number of nitrogens with one attached hydrogen (secondary N) is 1. The largest absolute Gasteiger partial charge is 0.507 e. The number of carbonyl (C=O) groups excluding carboxylic acids is 2. The Kier molecular flexibility index (Phi) is 4.84.